The summed E-state index contributed by atoms with van der Waals surface area (Å²) in [5.74, 6) is -2.42. The smallest absolute Gasteiger partial charge is 0.289 e. The number of benzene rings is 8. The van der Waals surface area contributed by atoms with E-state index in [0.717, 1.165) is 39.1 Å². The first-order chi connectivity index (χ1) is 40.6. The normalized spacial score (nSPS) is 22.8. The maximum Gasteiger partial charge on any atom is 0.289 e. The van der Waals surface area contributed by atoms with Crippen molar-refractivity contribution in [3.63, 3.8) is 0 Å². The maximum absolute atomic E-state index is 16.3. The number of hydrogen-bond acceptors (Lipinski definition) is 9. The van der Waals surface area contributed by atoms with E-state index in [1.165, 1.54) is 0 Å². The van der Waals surface area contributed by atoms with E-state index in [4.69, 9.17) is 37.9 Å². The number of rotatable bonds is 24. The van der Waals surface area contributed by atoms with Crippen LogP contribution in [-0.4, -0.2) is 48.3 Å². The molecule has 0 saturated heterocycles. The number of carbonyl (C=O) groups excluding carboxylic acids is 1. The molecule has 0 aromatic heterocycles. The number of ketones is 1. The number of Topliss-reactive ketones (excluding diaryl/α,β-unsaturated/α-hetero) is 1. The van der Waals surface area contributed by atoms with Gasteiger partial charge in [0.2, 0.25) is 0 Å². The molecule has 0 bridgehead atoms. The molecule has 0 heterocycles. The van der Waals surface area contributed by atoms with Crippen LogP contribution in [0.2, 0.25) is 0 Å². The summed E-state index contributed by atoms with van der Waals surface area (Å²) >= 11 is 0. The molecule has 11 heteroatoms. The second-order valence-corrected chi connectivity index (χ2v) is 21.4. The van der Waals surface area contributed by atoms with Crippen LogP contribution in [0.1, 0.15) is 73.9 Å². The zero-order valence-electron chi connectivity index (χ0n) is 47.8. The zero-order chi connectivity index (χ0) is 57.8. The molecule has 0 N–H and O–H groups in total. The third kappa shape index (κ3) is 16.3. The summed E-state index contributed by atoms with van der Waals surface area (Å²) in [6, 6.07) is 73.5. The molecule has 8 aromatic carbocycles. The number of ether oxygens (including phenoxy) is 8. The molecule has 8 aromatic rings. The van der Waals surface area contributed by atoms with Crippen LogP contribution in [0.25, 0.3) is 0 Å². The lowest BCUT2D eigenvalue weighted by Gasteiger charge is -2.49. The summed E-state index contributed by atoms with van der Waals surface area (Å²) in [5, 5.41) is 0. The van der Waals surface area contributed by atoms with Crippen molar-refractivity contribution >= 4 is 5.78 Å². The largest absolute Gasteiger partial charge is 0.489 e. The summed E-state index contributed by atoms with van der Waals surface area (Å²) in [5.41, 5.74) is 6.12. The standard InChI is InChI=1S/C36H38F2O4.C36H38O5/c1-3-32-26(2)33(40-24-28-15-9-5-10-16-28)34(41-25-29-17-11-6-12-18-29)35(36(32,37)38)42-31-21-19-30(20-22-31)39-23-27-13-7-4-8-14-27;1-3-32-26(2)34(39-24-28-15-9-5-10-16-28)36(40-25-29-17-11-6-12-18-29)35(33(32)37)41-31-21-19-30(20-22-31)38-23-27-13-7-4-8-14-27/h4-22,26,32-35H,3,23-25H2,1-2H3;4-22,26,32,34-36H,3,23-25H2,1-2H3/t26-,32-,33+,34-,35+;26-,32-,34+,35-,36-/m11/s1. The average molecular weight is 1120 g/mol. The Morgan fingerprint density at radius 3 is 1.04 bits per heavy atom. The summed E-state index contributed by atoms with van der Waals surface area (Å²) in [4.78, 5) is 13.9. The minimum atomic E-state index is -3.15. The molecule has 9 nitrogen and oxygen atoms in total. The number of alkyl halides is 2. The Balaban J connectivity index is 0.000000200. The van der Waals surface area contributed by atoms with Crippen molar-refractivity contribution in [3.8, 4) is 23.0 Å². The van der Waals surface area contributed by atoms with Gasteiger partial charge < -0.3 is 37.9 Å². The molecule has 0 radical (unpaired) electrons. The molecule has 0 unspecified atom stereocenters. The second kappa shape index (κ2) is 30.0. The fourth-order valence-electron chi connectivity index (χ4n) is 11.2. The van der Waals surface area contributed by atoms with Gasteiger partial charge in [-0.3, -0.25) is 4.79 Å². The molecule has 0 aliphatic heterocycles. The van der Waals surface area contributed by atoms with Crippen molar-refractivity contribution in [3.05, 3.63) is 264 Å². The SMILES string of the molecule is CC[C@@H]1[C@@H](C)[C@H](OCc2ccccc2)[C@@H](OCc2ccccc2)[C@H](Oc2ccc(OCc3ccccc3)cc2)C1(F)F.CC[C@H]1C(=O)[C@@H](Oc2ccc(OCc3ccccc3)cc2)[C@H](OCc2ccccc2)[C@@H](OCc2ccccc2)[C@@H]1C. The Labute approximate surface area is 488 Å². The highest BCUT2D eigenvalue weighted by atomic mass is 19.3. The molecule has 2 fully saturated rings. The lowest BCUT2D eigenvalue weighted by atomic mass is 9.71. The van der Waals surface area contributed by atoms with Gasteiger partial charge in [-0.2, -0.15) is 0 Å². The fraction of sp³-hybridized carbons (Fsp3) is 0.319. The van der Waals surface area contributed by atoms with Crippen LogP contribution < -0.4 is 18.9 Å². The topological polar surface area (TPSA) is 90.9 Å². The number of hydrogen-bond donors (Lipinski definition) is 0. The molecule has 0 amide bonds. The summed E-state index contributed by atoms with van der Waals surface area (Å²) < 4.78 is 82.7. The van der Waals surface area contributed by atoms with E-state index in [-0.39, 0.29) is 36.8 Å². The Kier molecular flexibility index (Phi) is 21.7. The van der Waals surface area contributed by atoms with Crippen LogP contribution >= 0.6 is 0 Å². The van der Waals surface area contributed by atoms with Gasteiger partial charge in [-0.05, 0) is 107 Å². The van der Waals surface area contributed by atoms with Gasteiger partial charge in [0.15, 0.2) is 18.0 Å². The summed E-state index contributed by atoms with van der Waals surface area (Å²) in [7, 11) is 0. The predicted octanol–water partition coefficient (Wildman–Crippen LogP) is 15.9. The van der Waals surface area contributed by atoms with Crippen LogP contribution in [0, 0.1) is 23.7 Å². The second-order valence-electron chi connectivity index (χ2n) is 21.4. The first kappa shape index (κ1) is 59.9. The van der Waals surface area contributed by atoms with Gasteiger partial charge in [0.25, 0.3) is 5.92 Å². The highest BCUT2D eigenvalue weighted by Gasteiger charge is 2.62. The molecule has 2 saturated carbocycles. The molecular weight excluding hydrogens is 1050 g/mol. The van der Waals surface area contributed by atoms with E-state index in [1.54, 1.807) is 31.2 Å². The molecule has 2 aliphatic rings. The van der Waals surface area contributed by atoms with E-state index < -0.39 is 48.3 Å². The van der Waals surface area contributed by atoms with E-state index in [1.807, 2.05) is 213 Å². The van der Waals surface area contributed by atoms with Gasteiger partial charge in [0.05, 0.1) is 38.6 Å². The third-order valence-electron chi connectivity index (χ3n) is 15.8. The molecule has 83 heavy (non-hydrogen) atoms. The fourth-order valence-corrected chi connectivity index (χ4v) is 11.2. The van der Waals surface area contributed by atoms with Crippen LogP contribution in [0.3, 0.4) is 0 Å². The minimum absolute atomic E-state index is 0.0226. The number of halogens is 2. The first-order valence-electron chi connectivity index (χ1n) is 29.0. The van der Waals surface area contributed by atoms with Gasteiger partial charge in [0, 0.05) is 11.8 Å². The zero-order valence-corrected chi connectivity index (χ0v) is 47.8. The van der Waals surface area contributed by atoms with E-state index in [0.29, 0.717) is 56.7 Å². The van der Waals surface area contributed by atoms with Gasteiger partial charge >= 0.3 is 0 Å². The Morgan fingerprint density at radius 1 is 0.361 bits per heavy atom. The Morgan fingerprint density at radius 2 is 0.675 bits per heavy atom. The van der Waals surface area contributed by atoms with E-state index >= 15 is 8.78 Å². The van der Waals surface area contributed by atoms with Crippen molar-refractivity contribution in [2.75, 3.05) is 0 Å². The van der Waals surface area contributed by atoms with Crippen molar-refractivity contribution in [1.29, 1.82) is 0 Å². The minimum Gasteiger partial charge on any atom is -0.489 e. The van der Waals surface area contributed by atoms with Crippen LogP contribution in [0.15, 0.2) is 231 Å². The highest BCUT2D eigenvalue weighted by Crippen LogP contribution is 2.48. The molecule has 2 aliphatic carbocycles. The van der Waals surface area contributed by atoms with Gasteiger partial charge in [-0.1, -0.05) is 210 Å². The highest BCUT2D eigenvalue weighted by molar-refractivity contribution is 5.88. The number of carbonyl (C=O) groups is 1. The Bertz CT molecular complexity index is 3120. The molecule has 432 valence electrons. The average Bonchev–Trinajstić information content (AvgIpc) is 3.16. The van der Waals surface area contributed by atoms with Crippen molar-refractivity contribution in [2.24, 2.45) is 23.7 Å². The first-order valence-corrected chi connectivity index (χ1v) is 29.0. The van der Waals surface area contributed by atoms with Gasteiger partial charge in [-0.15, -0.1) is 0 Å². The van der Waals surface area contributed by atoms with Crippen LogP contribution in [0.4, 0.5) is 8.78 Å². The molecule has 0 spiro atoms. The summed E-state index contributed by atoms with van der Waals surface area (Å²) in [6.45, 7) is 9.93. The lowest BCUT2D eigenvalue weighted by molar-refractivity contribution is -0.267. The van der Waals surface area contributed by atoms with Gasteiger partial charge in [0.1, 0.15) is 48.4 Å². The molecule has 10 rings (SSSR count). The van der Waals surface area contributed by atoms with Gasteiger partial charge in [-0.25, -0.2) is 8.78 Å². The van der Waals surface area contributed by atoms with Crippen LogP contribution in [0.5, 0.6) is 23.0 Å². The molecular formula is C72H76F2O9. The van der Waals surface area contributed by atoms with Crippen molar-refractivity contribution < 1.29 is 51.5 Å². The van der Waals surface area contributed by atoms with Crippen LogP contribution in [-0.2, 0) is 63.4 Å². The maximum atomic E-state index is 16.3. The third-order valence-corrected chi connectivity index (χ3v) is 15.8. The lowest BCUT2D eigenvalue weighted by Crippen LogP contribution is -2.64. The van der Waals surface area contributed by atoms with Crippen molar-refractivity contribution in [2.45, 2.75) is 123 Å². The van der Waals surface area contributed by atoms with Crippen molar-refractivity contribution in [1.82, 2.24) is 0 Å². The van der Waals surface area contributed by atoms with E-state index in [9.17, 15) is 4.79 Å². The summed E-state index contributed by atoms with van der Waals surface area (Å²) in [6.07, 6.45) is -3.83. The quantitative estimate of drug-likeness (QED) is 0.0587. The molecule has 10 atom stereocenters. The van der Waals surface area contributed by atoms with E-state index in [2.05, 4.69) is 13.8 Å². The monoisotopic (exact) mass is 1120 g/mol. The predicted molar refractivity (Wildman–Crippen MR) is 319 cm³/mol. The Hall–Kier alpha value is -7.67.